The summed E-state index contributed by atoms with van der Waals surface area (Å²) in [5, 5.41) is 0. The SMILES string of the molecule is CC.CC.CC.CC.CCN(C)C.CCOc1ccccc1. The lowest BCUT2D eigenvalue weighted by Crippen LogP contribution is -2.08. The Morgan fingerprint density at radius 3 is 1.27 bits per heavy atom. The van der Waals surface area contributed by atoms with E-state index in [4.69, 9.17) is 4.74 Å². The van der Waals surface area contributed by atoms with Crippen LogP contribution in [0, 0.1) is 0 Å². The van der Waals surface area contributed by atoms with E-state index in [0.29, 0.717) is 0 Å². The van der Waals surface area contributed by atoms with E-state index in [0.717, 1.165) is 18.9 Å². The third-order valence-corrected chi connectivity index (χ3v) is 1.69. The molecule has 0 N–H and O–H groups in total. The summed E-state index contributed by atoms with van der Waals surface area (Å²) in [5.41, 5.74) is 0. The summed E-state index contributed by atoms with van der Waals surface area (Å²) in [4.78, 5) is 2.12. The molecule has 0 saturated heterocycles. The van der Waals surface area contributed by atoms with Gasteiger partial charge in [0.2, 0.25) is 0 Å². The quantitative estimate of drug-likeness (QED) is 0.611. The summed E-state index contributed by atoms with van der Waals surface area (Å²) in [5.74, 6) is 0.944. The molecule has 1 rings (SSSR count). The van der Waals surface area contributed by atoms with Crippen LogP contribution in [0.4, 0.5) is 0 Å². The summed E-state index contributed by atoms with van der Waals surface area (Å²) >= 11 is 0. The van der Waals surface area contributed by atoms with Gasteiger partial charge in [0.25, 0.3) is 0 Å². The second-order valence-corrected chi connectivity index (χ2v) is 3.14. The summed E-state index contributed by atoms with van der Waals surface area (Å²) < 4.78 is 5.21. The topological polar surface area (TPSA) is 12.5 Å². The molecule has 0 saturated carbocycles. The standard InChI is InChI=1S/C8H10O.C4H11N.4C2H6/c1-2-9-8-6-4-3-5-7-8;1-4-5(2)3;4*1-2/h3-7H,2H2,1H3;4H2,1-3H3;4*1-2H3. The van der Waals surface area contributed by atoms with Crippen molar-refractivity contribution in [3.05, 3.63) is 30.3 Å². The van der Waals surface area contributed by atoms with Crippen molar-refractivity contribution in [2.45, 2.75) is 69.2 Å². The van der Waals surface area contributed by atoms with Crippen molar-refractivity contribution < 1.29 is 4.74 Å². The third-order valence-electron chi connectivity index (χ3n) is 1.69. The van der Waals surface area contributed by atoms with E-state index in [9.17, 15) is 0 Å². The zero-order valence-electron chi connectivity index (χ0n) is 17.7. The van der Waals surface area contributed by atoms with Crippen LogP contribution >= 0.6 is 0 Å². The van der Waals surface area contributed by atoms with E-state index in [1.54, 1.807) is 0 Å². The highest BCUT2D eigenvalue weighted by Crippen LogP contribution is 2.06. The third kappa shape index (κ3) is 42.8. The second-order valence-electron chi connectivity index (χ2n) is 3.14. The Bertz CT molecular complexity index is 210. The van der Waals surface area contributed by atoms with Gasteiger partial charge in [0.15, 0.2) is 0 Å². The van der Waals surface area contributed by atoms with E-state index in [1.165, 1.54) is 0 Å². The Hall–Kier alpha value is -1.02. The molecule has 0 aliphatic heterocycles. The molecule has 2 heteroatoms. The maximum Gasteiger partial charge on any atom is 0.119 e. The zero-order valence-corrected chi connectivity index (χ0v) is 17.7. The minimum absolute atomic E-state index is 0.740. The molecule has 0 aliphatic rings. The molecule has 22 heavy (non-hydrogen) atoms. The highest BCUT2D eigenvalue weighted by atomic mass is 16.5. The van der Waals surface area contributed by atoms with Gasteiger partial charge in [-0.25, -0.2) is 0 Å². The van der Waals surface area contributed by atoms with Crippen LogP contribution in [0.25, 0.3) is 0 Å². The molecule has 1 aromatic rings. The Balaban J connectivity index is -0.0000000639. The predicted molar refractivity (Wildman–Crippen MR) is 107 cm³/mol. The molecular formula is C20H45NO. The van der Waals surface area contributed by atoms with Gasteiger partial charge in [-0.15, -0.1) is 0 Å². The van der Waals surface area contributed by atoms with Gasteiger partial charge in [-0.05, 0) is 39.7 Å². The minimum Gasteiger partial charge on any atom is -0.494 e. The normalized spacial score (nSPS) is 6.95. The Labute approximate surface area is 142 Å². The summed E-state index contributed by atoms with van der Waals surface area (Å²) in [6.07, 6.45) is 0. The summed E-state index contributed by atoms with van der Waals surface area (Å²) in [7, 11) is 4.11. The van der Waals surface area contributed by atoms with Crippen molar-refractivity contribution in [1.29, 1.82) is 0 Å². The van der Waals surface area contributed by atoms with Crippen LogP contribution < -0.4 is 4.74 Å². The van der Waals surface area contributed by atoms with Gasteiger partial charge >= 0.3 is 0 Å². The van der Waals surface area contributed by atoms with Crippen molar-refractivity contribution in [3.63, 3.8) is 0 Å². The first-order valence-corrected chi connectivity index (χ1v) is 9.03. The Kier molecular flexibility index (Phi) is 63.7. The number of hydrogen-bond acceptors (Lipinski definition) is 2. The van der Waals surface area contributed by atoms with E-state index < -0.39 is 0 Å². The van der Waals surface area contributed by atoms with Gasteiger partial charge in [0.1, 0.15) is 5.75 Å². The van der Waals surface area contributed by atoms with E-state index >= 15 is 0 Å². The number of nitrogens with zero attached hydrogens (tertiary/aromatic N) is 1. The lowest BCUT2D eigenvalue weighted by Gasteiger charge is -2.00. The highest BCUT2D eigenvalue weighted by Gasteiger charge is 1.83. The van der Waals surface area contributed by atoms with Gasteiger partial charge < -0.3 is 9.64 Å². The molecule has 0 unspecified atom stereocenters. The van der Waals surface area contributed by atoms with E-state index in [-0.39, 0.29) is 0 Å². The van der Waals surface area contributed by atoms with Crippen LogP contribution in [-0.2, 0) is 0 Å². The molecule has 0 atom stereocenters. The molecule has 0 amide bonds. The smallest absolute Gasteiger partial charge is 0.119 e. The average molecular weight is 316 g/mol. The molecule has 0 fully saturated rings. The molecule has 0 aliphatic carbocycles. The van der Waals surface area contributed by atoms with Crippen molar-refractivity contribution in [1.82, 2.24) is 4.90 Å². The van der Waals surface area contributed by atoms with Gasteiger partial charge in [-0.3, -0.25) is 0 Å². The maximum atomic E-state index is 5.21. The minimum atomic E-state index is 0.740. The lowest BCUT2D eigenvalue weighted by atomic mass is 10.3. The first kappa shape index (κ1) is 32.8. The van der Waals surface area contributed by atoms with Crippen LogP contribution in [0.1, 0.15) is 69.2 Å². The average Bonchev–Trinajstić information content (AvgIpc) is 2.63. The molecule has 0 spiro atoms. The van der Waals surface area contributed by atoms with Crippen LogP contribution in [-0.4, -0.2) is 32.1 Å². The number of benzene rings is 1. The van der Waals surface area contributed by atoms with Crippen molar-refractivity contribution >= 4 is 0 Å². The molecule has 136 valence electrons. The number of rotatable bonds is 3. The van der Waals surface area contributed by atoms with E-state index in [2.05, 4.69) is 25.9 Å². The van der Waals surface area contributed by atoms with E-state index in [1.807, 2.05) is 92.6 Å². The van der Waals surface area contributed by atoms with Crippen LogP contribution in [0.5, 0.6) is 5.75 Å². The largest absolute Gasteiger partial charge is 0.494 e. The van der Waals surface area contributed by atoms with Crippen LogP contribution in [0.15, 0.2) is 30.3 Å². The molecule has 0 heterocycles. The van der Waals surface area contributed by atoms with Gasteiger partial charge in [0, 0.05) is 0 Å². The van der Waals surface area contributed by atoms with Gasteiger partial charge in [-0.2, -0.15) is 0 Å². The Morgan fingerprint density at radius 1 is 0.727 bits per heavy atom. The predicted octanol–water partition coefficient (Wildman–Crippen LogP) is 6.76. The fourth-order valence-electron chi connectivity index (χ4n) is 0.683. The van der Waals surface area contributed by atoms with Gasteiger partial charge in [0.05, 0.1) is 6.61 Å². The van der Waals surface area contributed by atoms with Crippen LogP contribution in [0.3, 0.4) is 0 Å². The molecular weight excluding hydrogens is 270 g/mol. The summed E-state index contributed by atoms with van der Waals surface area (Å²) in [6, 6.07) is 9.80. The highest BCUT2D eigenvalue weighted by molar-refractivity contribution is 5.20. The van der Waals surface area contributed by atoms with Crippen molar-refractivity contribution in [3.8, 4) is 5.75 Å². The number of para-hydroxylation sites is 1. The van der Waals surface area contributed by atoms with Crippen molar-refractivity contribution in [2.24, 2.45) is 0 Å². The fraction of sp³-hybridized carbons (Fsp3) is 0.700. The molecule has 2 nitrogen and oxygen atoms in total. The molecule has 0 aromatic heterocycles. The first-order valence-electron chi connectivity index (χ1n) is 9.03. The molecule has 1 aromatic carbocycles. The fourth-order valence-corrected chi connectivity index (χ4v) is 0.683. The summed E-state index contributed by atoms with van der Waals surface area (Å²) in [6.45, 7) is 22.0. The van der Waals surface area contributed by atoms with Crippen LogP contribution in [0.2, 0.25) is 0 Å². The molecule has 0 bridgehead atoms. The number of ether oxygens (including phenoxy) is 1. The lowest BCUT2D eigenvalue weighted by molar-refractivity contribution is 0.340. The number of hydrogen-bond donors (Lipinski definition) is 0. The van der Waals surface area contributed by atoms with Gasteiger partial charge in [-0.1, -0.05) is 80.5 Å². The molecule has 0 radical (unpaired) electrons. The monoisotopic (exact) mass is 315 g/mol. The zero-order chi connectivity index (χ0) is 18.8. The Morgan fingerprint density at radius 2 is 1.05 bits per heavy atom. The first-order chi connectivity index (χ1) is 10.7. The maximum absolute atomic E-state index is 5.21. The van der Waals surface area contributed by atoms with Crippen molar-refractivity contribution in [2.75, 3.05) is 27.2 Å². The second kappa shape index (κ2) is 42.7.